The number of rotatable bonds is 3. The summed E-state index contributed by atoms with van der Waals surface area (Å²) in [5.74, 6) is -1.09. The van der Waals surface area contributed by atoms with Gasteiger partial charge in [0, 0.05) is 6.54 Å². The summed E-state index contributed by atoms with van der Waals surface area (Å²) in [6.45, 7) is -0.0639. The Kier molecular flexibility index (Phi) is 3.20. The summed E-state index contributed by atoms with van der Waals surface area (Å²) < 4.78 is 1.07. The highest BCUT2D eigenvalue weighted by Gasteiger charge is 2.11. The Hall–Kier alpha value is -2.08. The third-order valence-electron chi connectivity index (χ3n) is 2.44. The van der Waals surface area contributed by atoms with Crippen LogP contribution in [0.5, 0.6) is 5.75 Å². The summed E-state index contributed by atoms with van der Waals surface area (Å²) in [7, 11) is 0. The fourth-order valence-corrected chi connectivity index (χ4v) is 1.84. The number of phenolic OH excluding ortho intramolecular Hbond substituents is 1. The number of carbonyl (C=O) groups is 1. The van der Waals surface area contributed by atoms with Gasteiger partial charge in [-0.25, -0.2) is 4.98 Å². The summed E-state index contributed by atoms with van der Waals surface area (Å²) in [5.41, 5.74) is -0.114. The largest absolute Gasteiger partial charge is 0.508 e. The molecule has 1 aromatic carbocycles. The van der Waals surface area contributed by atoms with Crippen LogP contribution in [-0.2, 0) is 11.3 Å². The van der Waals surface area contributed by atoms with Crippen molar-refractivity contribution in [3.05, 3.63) is 33.8 Å². The van der Waals surface area contributed by atoms with E-state index < -0.39 is 11.5 Å². The minimum atomic E-state index is -1.03. The molecule has 2 rings (SSSR count). The molecule has 0 fully saturated rings. The summed E-state index contributed by atoms with van der Waals surface area (Å²) >= 11 is 5.83. The fourth-order valence-electron chi connectivity index (χ4n) is 1.58. The smallest absolute Gasteiger partial charge is 0.305 e. The highest BCUT2D eigenvalue weighted by Crippen LogP contribution is 2.17. The zero-order chi connectivity index (χ0) is 13.3. The van der Waals surface area contributed by atoms with Crippen LogP contribution in [0.2, 0.25) is 5.28 Å². The molecule has 0 bridgehead atoms. The number of aromatic nitrogens is 2. The number of carboxylic acid groups (broad SMARTS) is 1. The second-order valence-electron chi connectivity index (χ2n) is 3.68. The third kappa shape index (κ3) is 2.28. The highest BCUT2D eigenvalue weighted by molar-refractivity contribution is 6.28. The lowest BCUT2D eigenvalue weighted by atomic mass is 10.2. The molecule has 94 valence electrons. The van der Waals surface area contributed by atoms with E-state index in [1.54, 1.807) is 0 Å². The van der Waals surface area contributed by atoms with E-state index in [1.807, 2.05) is 0 Å². The van der Waals surface area contributed by atoms with Crippen molar-refractivity contribution in [1.82, 2.24) is 9.55 Å². The first kappa shape index (κ1) is 12.4. The number of halogens is 1. The van der Waals surface area contributed by atoms with E-state index in [9.17, 15) is 14.7 Å². The van der Waals surface area contributed by atoms with Crippen molar-refractivity contribution < 1.29 is 15.0 Å². The summed E-state index contributed by atoms with van der Waals surface area (Å²) in [5, 5.41) is 18.1. The predicted molar refractivity (Wildman–Crippen MR) is 64.9 cm³/mol. The van der Waals surface area contributed by atoms with Gasteiger partial charge in [0.25, 0.3) is 5.56 Å². The number of fused-ring (bicyclic) bond motifs is 1. The molecule has 0 saturated carbocycles. The van der Waals surface area contributed by atoms with Crippen LogP contribution in [0.25, 0.3) is 10.9 Å². The second-order valence-corrected chi connectivity index (χ2v) is 4.02. The molecule has 0 saturated heterocycles. The van der Waals surface area contributed by atoms with Crippen molar-refractivity contribution >= 4 is 28.5 Å². The maximum Gasteiger partial charge on any atom is 0.305 e. The summed E-state index contributed by atoms with van der Waals surface area (Å²) in [6.07, 6.45) is -0.231. The van der Waals surface area contributed by atoms with Crippen molar-refractivity contribution in [2.24, 2.45) is 0 Å². The normalized spacial score (nSPS) is 10.7. The van der Waals surface area contributed by atoms with Crippen LogP contribution >= 0.6 is 11.6 Å². The molecule has 2 aromatic rings. The van der Waals surface area contributed by atoms with E-state index >= 15 is 0 Å². The van der Waals surface area contributed by atoms with Gasteiger partial charge in [0.15, 0.2) is 0 Å². The molecule has 1 aromatic heterocycles. The Balaban J connectivity index is 2.60. The second kappa shape index (κ2) is 4.66. The Morgan fingerprint density at radius 2 is 2.17 bits per heavy atom. The van der Waals surface area contributed by atoms with Crippen molar-refractivity contribution in [2.75, 3.05) is 0 Å². The van der Waals surface area contributed by atoms with Crippen molar-refractivity contribution in [3.8, 4) is 5.75 Å². The average molecular weight is 269 g/mol. The van der Waals surface area contributed by atoms with Crippen LogP contribution in [0, 0.1) is 0 Å². The molecule has 0 aliphatic rings. The SMILES string of the molecule is O=C(O)CCn1c(Cl)nc2ccc(O)cc2c1=O. The maximum atomic E-state index is 12.0. The van der Waals surface area contributed by atoms with Crippen LogP contribution in [0.1, 0.15) is 6.42 Å². The van der Waals surface area contributed by atoms with Gasteiger partial charge in [0.2, 0.25) is 5.28 Å². The number of benzene rings is 1. The van der Waals surface area contributed by atoms with Gasteiger partial charge in [-0.05, 0) is 29.8 Å². The van der Waals surface area contributed by atoms with Gasteiger partial charge in [-0.2, -0.15) is 0 Å². The van der Waals surface area contributed by atoms with Crippen LogP contribution in [0.15, 0.2) is 23.0 Å². The Bertz CT molecular complexity index is 681. The molecule has 0 radical (unpaired) electrons. The van der Waals surface area contributed by atoms with E-state index in [4.69, 9.17) is 16.7 Å². The molecule has 0 atom stereocenters. The van der Waals surface area contributed by atoms with Crippen LogP contribution in [-0.4, -0.2) is 25.7 Å². The fraction of sp³-hybridized carbons (Fsp3) is 0.182. The standard InChI is InChI=1S/C11H9ClN2O4/c12-11-13-8-2-1-6(15)5-7(8)10(18)14(11)4-3-9(16)17/h1-2,5,15H,3-4H2,(H,16,17). The molecule has 1 heterocycles. The molecular weight excluding hydrogens is 260 g/mol. The molecule has 7 heteroatoms. The molecule has 18 heavy (non-hydrogen) atoms. The highest BCUT2D eigenvalue weighted by atomic mass is 35.5. The van der Waals surface area contributed by atoms with Gasteiger partial charge in [-0.15, -0.1) is 0 Å². The Labute approximate surface area is 106 Å². The first-order valence-electron chi connectivity index (χ1n) is 5.10. The summed E-state index contributed by atoms with van der Waals surface area (Å²) in [6, 6.07) is 4.14. The number of aliphatic carboxylic acids is 1. The third-order valence-corrected chi connectivity index (χ3v) is 2.73. The molecule has 2 N–H and O–H groups in total. The van der Waals surface area contributed by atoms with Gasteiger partial charge in [-0.1, -0.05) is 0 Å². The number of aromatic hydroxyl groups is 1. The molecule has 0 unspecified atom stereocenters. The van der Waals surface area contributed by atoms with Crippen molar-refractivity contribution in [3.63, 3.8) is 0 Å². The zero-order valence-electron chi connectivity index (χ0n) is 9.13. The van der Waals surface area contributed by atoms with Crippen LogP contribution in [0.4, 0.5) is 0 Å². The van der Waals surface area contributed by atoms with Crippen LogP contribution < -0.4 is 5.56 Å². The van der Waals surface area contributed by atoms with Gasteiger partial charge >= 0.3 is 5.97 Å². The van der Waals surface area contributed by atoms with Crippen molar-refractivity contribution in [2.45, 2.75) is 13.0 Å². The number of carboxylic acids is 1. The molecular formula is C11H9ClN2O4. The lowest BCUT2D eigenvalue weighted by molar-refractivity contribution is -0.137. The molecule has 0 aliphatic carbocycles. The maximum absolute atomic E-state index is 12.0. The molecule has 6 nitrogen and oxygen atoms in total. The topological polar surface area (TPSA) is 92.4 Å². The summed E-state index contributed by atoms with van der Waals surface area (Å²) in [4.78, 5) is 26.5. The van der Waals surface area contributed by atoms with E-state index in [1.165, 1.54) is 18.2 Å². The van der Waals surface area contributed by atoms with E-state index in [2.05, 4.69) is 4.98 Å². The minimum Gasteiger partial charge on any atom is -0.508 e. The molecule has 0 spiro atoms. The number of hydrogen-bond donors (Lipinski definition) is 2. The zero-order valence-corrected chi connectivity index (χ0v) is 9.89. The van der Waals surface area contributed by atoms with Gasteiger partial charge < -0.3 is 10.2 Å². The van der Waals surface area contributed by atoms with Gasteiger partial charge in [-0.3, -0.25) is 14.2 Å². The van der Waals surface area contributed by atoms with E-state index in [-0.39, 0.29) is 29.4 Å². The molecule has 0 amide bonds. The van der Waals surface area contributed by atoms with Gasteiger partial charge in [0.1, 0.15) is 5.75 Å². The van der Waals surface area contributed by atoms with Gasteiger partial charge in [0.05, 0.1) is 17.3 Å². The molecule has 0 aliphatic heterocycles. The lowest BCUT2D eigenvalue weighted by Gasteiger charge is -2.07. The monoisotopic (exact) mass is 268 g/mol. The lowest BCUT2D eigenvalue weighted by Crippen LogP contribution is -2.23. The van der Waals surface area contributed by atoms with Crippen LogP contribution in [0.3, 0.4) is 0 Å². The number of nitrogens with zero attached hydrogens (tertiary/aromatic N) is 2. The first-order chi connectivity index (χ1) is 8.49. The van der Waals surface area contributed by atoms with E-state index in [0.717, 1.165) is 4.57 Å². The first-order valence-corrected chi connectivity index (χ1v) is 5.47. The quantitative estimate of drug-likeness (QED) is 0.817. The number of phenols is 1. The Morgan fingerprint density at radius 3 is 2.83 bits per heavy atom. The van der Waals surface area contributed by atoms with Crippen molar-refractivity contribution in [1.29, 1.82) is 0 Å². The predicted octanol–water partition coefficient (Wildman–Crippen LogP) is 1.23. The minimum absolute atomic E-state index is 0.0616. The average Bonchev–Trinajstić information content (AvgIpc) is 2.30. The number of hydrogen-bond acceptors (Lipinski definition) is 4. The van der Waals surface area contributed by atoms with E-state index in [0.29, 0.717) is 5.52 Å². The Morgan fingerprint density at radius 1 is 1.44 bits per heavy atom.